The number of ether oxygens (including phenoxy) is 2. The van der Waals surface area contributed by atoms with Gasteiger partial charge in [-0.3, -0.25) is 14.1 Å². The van der Waals surface area contributed by atoms with E-state index in [0.717, 1.165) is 9.87 Å². The van der Waals surface area contributed by atoms with Crippen LogP contribution in [0.25, 0.3) is 0 Å². The third-order valence-electron chi connectivity index (χ3n) is 4.38. The smallest absolute Gasteiger partial charge is 0.264 e. The van der Waals surface area contributed by atoms with E-state index in [0.29, 0.717) is 11.4 Å². The molecule has 2 aromatic carbocycles. The Bertz CT molecular complexity index is 1190. The van der Waals surface area contributed by atoms with E-state index in [2.05, 4.69) is 15.5 Å². The first-order valence-corrected chi connectivity index (χ1v) is 10.9. The number of aromatic nitrogens is 1. The van der Waals surface area contributed by atoms with Gasteiger partial charge in [-0.15, -0.1) is 0 Å². The second-order valence-corrected chi connectivity index (χ2v) is 8.30. The highest BCUT2D eigenvalue weighted by molar-refractivity contribution is 7.92. The molecule has 0 unspecified atom stereocenters. The molecule has 0 aliphatic rings. The number of para-hydroxylation sites is 1. The Balaban J connectivity index is 1.87. The average Bonchev–Trinajstić information content (AvgIpc) is 2.83. The van der Waals surface area contributed by atoms with Crippen LogP contribution in [0.4, 0.5) is 5.69 Å². The molecular weight excluding hydrogens is 432 g/mol. The first-order chi connectivity index (χ1) is 15.5. The minimum Gasteiger partial charge on any atom is -0.493 e. The van der Waals surface area contributed by atoms with E-state index in [1.807, 2.05) is 0 Å². The Hall–Kier alpha value is -3.92. The van der Waals surface area contributed by atoms with Crippen LogP contribution in [0.5, 0.6) is 11.5 Å². The fourth-order valence-corrected chi connectivity index (χ4v) is 4.24. The number of rotatable bonds is 9. The minimum absolute atomic E-state index is 0.0490. The summed E-state index contributed by atoms with van der Waals surface area (Å²) in [5.41, 5.74) is 3.42. The first kappa shape index (κ1) is 22.8. The molecule has 0 saturated carbocycles. The average molecular weight is 455 g/mol. The molecule has 1 aromatic heterocycles. The lowest BCUT2D eigenvalue weighted by Crippen LogP contribution is -2.39. The summed E-state index contributed by atoms with van der Waals surface area (Å²) in [7, 11) is -1.24. The number of benzene rings is 2. The predicted molar refractivity (Wildman–Crippen MR) is 120 cm³/mol. The van der Waals surface area contributed by atoms with Gasteiger partial charge in [0.25, 0.3) is 15.9 Å². The summed E-state index contributed by atoms with van der Waals surface area (Å²) in [6, 6.07) is 16.0. The van der Waals surface area contributed by atoms with Crippen LogP contribution in [0.1, 0.15) is 5.56 Å². The van der Waals surface area contributed by atoms with Gasteiger partial charge >= 0.3 is 0 Å². The Kier molecular flexibility index (Phi) is 7.40. The third kappa shape index (κ3) is 5.41. The predicted octanol–water partition coefficient (Wildman–Crippen LogP) is 2.44. The van der Waals surface area contributed by atoms with E-state index in [-0.39, 0.29) is 10.6 Å². The van der Waals surface area contributed by atoms with Crippen LogP contribution in [0.2, 0.25) is 0 Å². The minimum atomic E-state index is -4.11. The number of anilines is 1. The van der Waals surface area contributed by atoms with Gasteiger partial charge in [0.15, 0.2) is 11.5 Å². The van der Waals surface area contributed by atoms with Crippen LogP contribution in [0.15, 0.2) is 83.1 Å². The van der Waals surface area contributed by atoms with Crippen LogP contribution in [-0.2, 0) is 14.8 Å². The van der Waals surface area contributed by atoms with Crippen LogP contribution < -0.4 is 19.2 Å². The molecule has 0 atom stereocenters. The van der Waals surface area contributed by atoms with Gasteiger partial charge in [-0.05, 0) is 42.0 Å². The Morgan fingerprint density at radius 3 is 2.38 bits per heavy atom. The molecule has 9 nitrogen and oxygen atoms in total. The fourth-order valence-electron chi connectivity index (χ4n) is 2.81. The molecule has 1 amide bonds. The number of carbonyl (C=O) groups excluding carboxylic acids is 1. The van der Waals surface area contributed by atoms with Gasteiger partial charge in [0.1, 0.15) is 6.54 Å². The van der Waals surface area contributed by atoms with Gasteiger partial charge in [-0.1, -0.05) is 18.2 Å². The van der Waals surface area contributed by atoms with E-state index >= 15 is 0 Å². The molecule has 166 valence electrons. The molecule has 0 saturated heterocycles. The zero-order valence-electron chi connectivity index (χ0n) is 17.5. The second-order valence-electron chi connectivity index (χ2n) is 6.44. The zero-order chi connectivity index (χ0) is 23.0. The lowest BCUT2D eigenvalue weighted by atomic mass is 10.3. The number of nitrogens with zero attached hydrogens (tertiary/aromatic N) is 3. The molecule has 1 N–H and O–H groups in total. The van der Waals surface area contributed by atoms with E-state index in [1.54, 1.807) is 54.9 Å². The molecule has 1 heterocycles. The highest BCUT2D eigenvalue weighted by atomic mass is 32.2. The first-order valence-electron chi connectivity index (χ1n) is 9.47. The molecule has 0 bridgehead atoms. The number of methoxy groups -OCH3 is 2. The highest BCUT2D eigenvalue weighted by Gasteiger charge is 2.28. The van der Waals surface area contributed by atoms with Crippen molar-refractivity contribution in [3.8, 4) is 11.5 Å². The van der Waals surface area contributed by atoms with Gasteiger partial charge in [-0.2, -0.15) is 5.10 Å². The van der Waals surface area contributed by atoms with E-state index in [4.69, 9.17) is 9.47 Å². The largest absolute Gasteiger partial charge is 0.493 e. The molecular formula is C22H22N4O5S. The number of hydrogen-bond acceptors (Lipinski definition) is 7. The third-order valence-corrected chi connectivity index (χ3v) is 6.15. The fraction of sp³-hybridized carbons (Fsp3) is 0.136. The van der Waals surface area contributed by atoms with E-state index in [1.165, 1.54) is 38.6 Å². The summed E-state index contributed by atoms with van der Waals surface area (Å²) in [4.78, 5) is 16.4. The molecule has 3 aromatic rings. The zero-order valence-corrected chi connectivity index (χ0v) is 18.3. The SMILES string of the molecule is COc1ccc(S(=O)(=O)N(CC(=O)N/N=C\c2ccncc2)c2ccccc2)cc1OC. The van der Waals surface area contributed by atoms with Crippen molar-refractivity contribution in [3.63, 3.8) is 0 Å². The number of pyridine rings is 1. The molecule has 32 heavy (non-hydrogen) atoms. The molecule has 10 heteroatoms. The molecule has 3 rings (SSSR count). The van der Waals surface area contributed by atoms with Gasteiger partial charge < -0.3 is 9.47 Å². The Labute approximate surface area is 186 Å². The van der Waals surface area contributed by atoms with Crippen molar-refractivity contribution in [2.45, 2.75) is 4.90 Å². The number of hydrogen-bond donors (Lipinski definition) is 1. The van der Waals surface area contributed by atoms with Crippen molar-refractivity contribution in [1.29, 1.82) is 0 Å². The second kappa shape index (κ2) is 10.4. The summed E-state index contributed by atoms with van der Waals surface area (Å²) < 4.78 is 38.3. The Morgan fingerprint density at radius 1 is 1.03 bits per heavy atom. The number of sulfonamides is 1. The summed E-state index contributed by atoms with van der Waals surface area (Å²) in [6.07, 6.45) is 4.63. The van der Waals surface area contributed by atoms with Crippen LogP contribution in [0, 0.1) is 0 Å². The van der Waals surface area contributed by atoms with Crippen LogP contribution >= 0.6 is 0 Å². The highest BCUT2D eigenvalue weighted by Crippen LogP contribution is 2.32. The lowest BCUT2D eigenvalue weighted by molar-refractivity contribution is -0.119. The number of nitrogens with one attached hydrogen (secondary N) is 1. The molecule has 0 aliphatic heterocycles. The van der Waals surface area contributed by atoms with Crippen LogP contribution in [0.3, 0.4) is 0 Å². The van der Waals surface area contributed by atoms with Gasteiger partial charge in [0, 0.05) is 18.5 Å². The normalized spacial score (nSPS) is 11.2. The maximum atomic E-state index is 13.4. The monoisotopic (exact) mass is 454 g/mol. The summed E-state index contributed by atoms with van der Waals surface area (Å²) >= 11 is 0. The standard InChI is InChI=1S/C22H22N4O5S/c1-30-20-9-8-19(14-21(20)31-2)32(28,29)26(18-6-4-3-5-7-18)16-22(27)25-24-15-17-10-12-23-13-11-17/h3-15H,16H2,1-2H3,(H,25,27)/b24-15-. The van der Waals surface area contributed by atoms with Crippen molar-refractivity contribution >= 4 is 27.8 Å². The van der Waals surface area contributed by atoms with Crippen molar-refractivity contribution in [3.05, 3.63) is 78.6 Å². The van der Waals surface area contributed by atoms with Gasteiger partial charge in [-0.25, -0.2) is 13.8 Å². The number of hydrazone groups is 1. The van der Waals surface area contributed by atoms with Crippen molar-refractivity contribution in [2.75, 3.05) is 25.1 Å². The molecule has 0 fully saturated rings. The van der Waals surface area contributed by atoms with E-state index < -0.39 is 22.5 Å². The molecule has 0 aliphatic carbocycles. The summed E-state index contributed by atoms with van der Waals surface area (Å²) in [5.74, 6) is 0.0390. The quantitative estimate of drug-likeness (QED) is 0.393. The van der Waals surface area contributed by atoms with Gasteiger partial charge in [0.2, 0.25) is 0 Å². The molecule has 0 radical (unpaired) electrons. The molecule has 0 spiro atoms. The van der Waals surface area contributed by atoms with E-state index in [9.17, 15) is 13.2 Å². The summed E-state index contributed by atoms with van der Waals surface area (Å²) in [6.45, 7) is -0.478. The summed E-state index contributed by atoms with van der Waals surface area (Å²) in [5, 5.41) is 3.88. The lowest BCUT2D eigenvalue weighted by Gasteiger charge is -2.24. The van der Waals surface area contributed by atoms with Crippen molar-refractivity contribution in [2.24, 2.45) is 5.10 Å². The maximum absolute atomic E-state index is 13.4. The number of amides is 1. The Morgan fingerprint density at radius 2 is 1.72 bits per heavy atom. The van der Waals surface area contributed by atoms with Crippen molar-refractivity contribution < 1.29 is 22.7 Å². The van der Waals surface area contributed by atoms with Gasteiger partial charge in [0.05, 0.1) is 31.0 Å². The maximum Gasteiger partial charge on any atom is 0.264 e. The van der Waals surface area contributed by atoms with Crippen molar-refractivity contribution in [1.82, 2.24) is 10.4 Å². The number of carbonyl (C=O) groups is 1. The topological polar surface area (TPSA) is 110 Å². The van der Waals surface area contributed by atoms with Crippen LogP contribution in [-0.4, -0.2) is 46.3 Å².